The Balaban J connectivity index is 1.87. The number of aryl methyl sites for hydroxylation is 1. The molecule has 1 aromatic carbocycles. The Hall–Kier alpha value is -3.09. The van der Waals surface area contributed by atoms with Crippen LogP contribution in [0.4, 0.5) is 5.69 Å². The van der Waals surface area contributed by atoms with Crippen molar-refractivity contribution in [3.8, 4) is 0 Å². The molecule has 3 aliphatic heterocycles. The predicted octanol–water partition coefficient (Wildman–Crippen LogP) is 2.62. The summed E-state index contributed by atoms with van der Waals surface area (Å²) in [5, 5.41) is 0. The standard InChI is InChI=1S/C24H26N2O5/c1-4-30-21(28)18-20(25)31-16-12-23(2,3)11-15(27)17(16)24(18)14-9-5-7-13-8-6-10-26(19(13)14)22(24)29/h5,7,9H,4,6,8,10-12,25H2,1-3H3. The lowest BCUT2D eigenvalue weighted by atomic mass is 9.61. The average Bonchev–Trinajstić information content (AvgIpc) is 2.92. The monoisotopic (exact) mass is 422 g/mol. The van der Waals surface area contributed by atoms with Gasteiger partial charge in [0.1, 0.15) is 16.7 Å². The summed E-state index contributed by atoms with van der Waals surface area (Å²) in [7, 11) is 0. The van der Waals surface area contributed by atoms with E-state index < -0.39 is 11.4 Å². The van der Waals surface area contributed by atoms with Gasteiger partial charge in [0, 0.05) is 24.9 Å². The summed E-state index contributed by atoms with van der Waals surface area (Å²) in [6, 6.07) is 5.70. The van der Waals surface area contributed by atoms with Crippen molar-refractivity contribution in [3.63, 3.8) is 0 Å². The topological polar surface area (TPSA) is 98.9 Å². The zero-order chi connectivity index (χ0) is 22.1. The average molecular weight is 422 g/mol. The number of nitrogens with zero attached hydrogens (tertiary/aromatic N) is 1. The fourth-order valence-electron chi connectivity index (χ4n) is 5.68. The molecule has 1 unspecified atom stereocenters. The second kappa shape index (κ2) is 6.45. The fraction of sp³-hybridized carbons (Fsp3) is 0.458. The molecular weight excluding hydrogens is 396 g/mol. The first-order valence-corrected chi connectivity index (χ1v) is 10.8. The number of esters is 1. The number of nitrogens with two attached hydrogens (primary N) is 1. The molecule has 4 aliphatic rings. The minimum Gasteiger partial charge on any atom is -0.462 e. The number of para-hydroxylation sites is 1. The maximum Gasteiger partial charge on any atom is 0.341 e. The van der Waals surface area contributed by atoms with E-state index >= 15 is 0 Å². The van der Waals surface area contributed by atoms with Gasteiger partial charge in [0.25, 0.3) is 0 Å². The number of hydrogen-bond acceptors (Lipinski definition) is 6. The molecule has 0 aromatic heterocycles. The largest absolute Gasteiger partial charge is 0.462 e. The van der Waals surface area contributed by atoms with Crippen molar-refractivity contribution in [2.24, 2.45) is 11.1 Å². The lowest BCUT2D eigenvalue weighted by Crippen LogP contribution is -2.52. The first-order valence-electron chi connectivity index (χ1n) is 10.8. The van der Waals surface area contributed by atoms with Crippen LogP contribution in [0.15, 0.2) is 41.0 Å². The molecule has 1 atom stereocenters. The Morgan fingerprint density at radius 2 is 2.03 bits per heavy atom. The van der Waals surface area contributed by atoms with Gasteiger partial charge in [-0.3, -0.25) is 9.59 Å². The molecule has 0 fully saturated rings. The SMILES string of the molecule is CCOC(=O)C1=C(N)OC2=C(C(=O)CC(C)(C)C2)C12C(=O)N1CCCc3cccc2c31. The van der Waals surface area contributed by atoms with Gasteiger partial charge in [-0.25, -0.2) is 4.79 Å². The Bertz CT molecular complexity index is 1110. The number of fused-ring (bicyclic) bond motifs is 2. The van der Waals surface area contributed by atoms with Gasteiger partial charge in [-0.05, 0) is 30.7 Å². The highest BCUT2D eigenvalue weighted by molar-refractivity contribution is 6.23. The molecule has 2 N–H and O–H groups in total. The third-order valence-corrected chi connectivity index (χ3v) is 6.73. The number of allylic oxidation sites excluding steroid dienone is 1. The molecule has 1 amide bonds. The molecule has 7 heteroatoms. The summed E-state index contributed by atoms with van der Waals surface area (Å²) in [5.74, 6) is -1.00. The lowest BCUT2D eigenvalue weighted by molar-refractivity contribution is -0.141. The molecule has 0 bridgehead atoms. The summed E-state index contributed by atoms with van der Waals surface area (Å²) in [6.07, 6.45) is 2.36. The van der Waals surface area contributed by atoms with Crippen LogP contribution in [0.1, 0.15) is 51.2 Å². The van der Waals surface area contributed by atoms with E-state index in [0.29, 0.717) is 24.3 Å². The molecule has 1 aliphatic carbocycles. The number of Topliss-reactive ketones (excluding diaryl/α,β-unsaturated/α-hetero) is 1. The van der Waals surface area contributed by atoms with E-state index in [1.807, 2.05) is 32.0 Å². The van der Waals surface area contributed by atoms with Gasteiger partial charge in [0.15, 0.2) is 5.78 Å². The Kier molecular flexibility index (Phi) is 4.13. The number of rotatable bonds is 2. The third kappa shape index (κ3) is 2.49. The van der Waals surface area contributed by atoms with Crippen molar-refractivity contribution in [1.29, 1.82) is 0 Å². The maximum absolute atomic E-state index is 14.2. The van der Waals surface area contributed by atoms with E-state index in [1.54, 1.807) is 11.8 Å². The molecule has 0 saturated heterocycles. The Morgan fingerprint density at radius 1 is 1.26 bits per heavy atom. The van der Waals surface area contributed by atoms with Gasteiger partial charge in [0.2, 0.25) is 11.8 Å². The van der Waals surface area contributed by atoms with Crippen LogP contribution in [-0.2, 0) is 35.7 Å². The number of anilines is 1. The molecule has 1 spiro atoms. The highest BCUT2D eigenvalue weighted by atomic mass is 16.5. The predicted molar refractivity (Wildman–Crippen MR) is 113 cm³/mol. The number of benzene rings is 1. The smallest absolute Gasteiger partial charge is 0.341 e. The van der Waals surface area contributed by atoms with Gasteiger partial charge in [-0.15, -0.1) is 0 Å². The van der Waals surface area contributed by atoms with Crippen LogP contribution in [-0.4, -0.2) is 30.8 Å². The number of hydrogen-bond donors (Lipinski definition) is 1. The minimum atomic E-state index is -1.62. The Labute approximate surface area is 180 Å². The number of carbonyl (C=O) groups is 3. The summed E-state index contributed by atoms with van der Waals surface area (Å²) < 4.78 is 11.2. The zero-order valence-electron chi connectivity index (χ0n) is 18.0. The van der Waals surface area contributed by atoms with Crippen LogP contribution in [0.2, 0.25) is 0 Å². The summed E-state index contributed by atoms with van der Waals surface area (Å²) >= 11 is 0. The number of ether oxygens (including phenoxy) is 2. The first kappa shape index (κ1) is 19.8. The fourth-order valence-corrected chi connectivity index (χ4v) is 5.68. The van der Waals surface area contributed by atoms with Gasteiger partial charge >= 0.3 is 5.97 Å². The summed E-state index contributed by atoms with van der Waals surface area (Å²) in [4.78, 5) is 42.6. The van der Waals surface area contributed by atoms with Crippen molar-refractivity contribution in [1.82, 2.24) is 0 Å². The first-order chi connectivity index (χ1) is 14.7. The van der Waals surface area contributed by atoms with E-state index in [2.05, 4.69) is 0 Å². The highest BCUT2D eigenvalue weighted by Gasteiger charge is 2.65. The van der Waals surface area contributed by atoms with Crippen molar-refractivity contribution < 1.29 is 23.9 Å². The van der Waals surface area contributed by atoms with Crippen LogP contribution in [0.3, 0.4) is 0 Å². The molecular formula is C24H26N2O5. The highest BCUT2D eigenvalue weighted by Crippen LogP contribution is 2.59. The van der Waals surface area contributed by atoms with Crippen LogP contribution in [0, 0.1) is 5.41 Å². The summed E-state index contributed by atoms with van der Waals surface area (Å²) in [6.45, 7) is 6.29. The molecule has 1 aromatic rings. The van der Waals surface area contributed by atoms with Gasteiger partial charge in [-0.2, -0.15) is 0 Å². The van der Waals surface area contributed by atoms with Gasteiger partial charge in [-0.1, -0.05) is 32.0 Å². The summed E-state index contributed by atoms with van der Waals surface area (Å²) in [5.41, 5.74) is 6.98. The van der Waals surface area contributed by atoms with Crippen LogP contribution >= 0.6 is 0 Å². The number of carbonyl (C=O) groups excluding carboxylic acids is 3. The van der Waals surface area contributed by atoms with E-state index in [0.717, 1.165) is 24.1 Å². The lowest BCUT2D eigenvalue weighted by Gasteiger charge is -2.42. The van der Waals surface area contributed by atoms with Crippen LogP contribution in [0.5, 0.6) is 0 Å². The third-order valence-electron chi connectivity index (χ3n) is 6.73. The van der Waals surface area contributed by atoms with E-state index in [9.17, 15) is 14.4 Å². The second-order valence-corrected chi connectivity index (χ2v) is 9.42. The van der Waals surface area contributed by atoms with Crippen molar-refractivity contribution >= 4 is 23.3 Å². The van der Waals surface area contributed by atoms with E-state index in [-0.39, 0.29) is 47.2 Å². The maximum atomic E-state index is 14.2. The van der Waals surface area contributed by atoms with E-state index in [1.165, 1.54) is 0 Å². The van der Waals surface area contributed by atoms with Gasteiger partial charge < -0.3 is 20.1 Å². The molecule has 3 heterocycles. The zero-order valence-corrected chi connectivity index (χ0v) is 18.0. The van der Waals surface area contributed by atoms with Crippen LogP contribution in [0.25, 0.3) is 0 Å². The Morgan fingerprint density at radius 3 is 2.77 bits per heavy atom. The quantitative estimate of drug-likeness (QED) is 0.736. The van der Waals surface area contributed by atoms with E-state index in [4.69, 9.17) is 15.2 Å². The number of amides is 1. The van der Waals surface area contributed by atoms with Gasteiger partial charge in [0.05, 0.1) is 17.9 Å². The molecule has 31 heavy (non-hydrogen) atoms. The van der Waals surface area contributed by atoms with Crippen LogP contribution < -0.4 is 10.6 Å². The van der Waals surface area contributed by atoms with Crippen molar-refractivity contribution in [3.05, 3.63) is 52.1 Å². The molecule has 5 rings (SSSR count). The molecule has 7 nitrogen and oxygen atoms in total. The normalized spacial score (nSPS) is 26.1. The molecule has 0 radical (unpaired) electrons. The van der Waals surface area contributed by atoms with Crippen molar-refractivity contribution in [2.45, 2.75) is 51.9 Å². The van der Waals surface area contributed by atoms with Crippen molar-refractivity contribution in [2.75, 3.05) is 18.1 Å². The number of ketones is 1. The second-order valence-electron chi connectivity index (χ2n) is 9.42. The minimum absolute atomic E-state index is 0.0750. The molecule has 162 valence electrons. The molecule has 0 saturated carbocycles.